The van der Waals surface area contributed by atoms with Gasteiger partial charge in [-0.25, -0.2) is 4.79 Å². The molecule has 0 saturated carbocycles. The van der Waals surface area contributed by atoms with Gasteiger partial charge in [0.1, 0.15) is 11.5 Å². The average molecular weight is 316 g/mol. The van der Waals surface area contributed by atoms with Gasteiger partial charge in [-0.05, 0) is 48.9 Å². The highest BCUT2D eigenvalue weighted by Crippen LogP contribution is 2.25. The molecule has 0 aliphatic rings. The number of hydrogen-bond acceptors (Lipinski definition) is 5. The fourth-order valence-corrected chi connectivity index (χ4v) is 2.15. The van der Waals surface area contributed by atoms with E-state index in [1.807, 2.05) is 0 Å². The molecule has 5 nitrogen and oxygen atoms in total. The van der Waals surface area contributed by atoms with Crippen molar-refractivity contribution in [2.45, 2.75) is 19.1 Å². The Kier molecular flexibility index (Phi) is 5.60. The van der Waals surface area contributed by atoms with E-state index in [-0.39, 0.29) is 0 Å². The molecule has 122 valence electrons. The zero-order chi connectivity index (χ0) is 16.8. The molecule has 0 spiro atoms. The van der Waals surface area contributed by atoms with Gasteiger partial charge in [-0.3, -0.25) is 0 Å². The van der Waals surface area contributed by atoms with E-state index in [4.69, 9.17) is 14.2 Å². The molecule has 0 fully saturated rings. The van der Waals surface area contributed by atoms with Gasteiger partial charge in [0.25, 0.3) is 0 Å². The monoisotopic (exact) mass is 316 g/mol. The Morgan fingerprint density at radius 1 is 0.913 bits per heavy atom. The van der Waals surface area contributed by atoms with Crippen LogP contribution >= 0.6 is 0 Å². The largest absolute Gasteiger partial charge is 0.497 e. The molecule has 2 aromatic rings. The predicted molar refractivity (Wildman–Crippen MR) is 85.8 cm³/mol. The van der Waals surface area contributed by atoms with E-state index in [0.29, 0.717) is 22.6 Å². The topological polar surface area (TPSA) is 65.0 Å². The molecule has 5 heteroatoms. The summed E-state index contributed by atoms with van der Waals surface area (Å²) >= 11 is 0. The molecule has 0 amide bonds. The van der Waals surface area contributed by atoms with Gasteiger partial charge in [0, 0.05) is 0 Å². The van der Waals surface area contributed by atoms with Crippen molar-refractivity contribution in [2.24, 2.45) is 0 Å². The highest BCUT2D eigenvalue weighted by Gasteiger charge is 2.23. The van der Waals surface area contributed by atoms with Gasteiger partial charge in [0.15, 0.2) is 6.10 Å². The molecule has 1 N–H and O–H groups in total. The maximum absolute atomic E-state index is 12.3. The van der Waals surface area contributed by atoms with Crippen LogP contribution in [-0.4, -0.2) is 31.4 Å². The number of aliphatic hydroxyl groups is 1. The first kappa shape index (κ1) is 16.8. The van der Waals surface area contributed by atoms with Crippen molar-refractivity contribution in [3.05, 3.63) is 59.7 Å². The predicted octanol–water partition coefficient (Wildman–Crippen LogP) is 2.98. The SMILES string of the molecule is COc1ccc(C(=O)O[C@H](c2ccc(OC)cc2)[C@H](C)O)cc1. The number of hydrogen-bond donors (Lipinski definition) is 1. The van der Waals surface area contributed by atoms with Crippen LogP contribution < -0.4 is 9.47 Å². The van der Waals surface area contributed by atoms with Crippen LogP contribution in [0.25, 0.3) is 0 Å². The number of rotatable bonds is 6. The summed E-state index contributed by atoms with van der Waals surface area (Å²) in [5.74, 6) is 0.845. The van der Waals surface area contributed by atoms with Crippen molar-refractivity contribution in [3.8, 4) is 11.5 Å². The third-order valence-electron chi connectivity index (χ3n) is 3.44. The highest BCUT2D eigenvalue weighted by molar-refractivity contribution is 5.89. The number of methoxy groups -OCH3 is 2. The second-order valence-corrected chi connectivity index (χ2v) is 5.07. The summed E-state index contributed by atoms with van der Waals surface area (Å²) in [6, 6.07) is 13.6. The lowest BCUT2D eigenvalue weighted by atomic mass is 10.0. The Bertz CT molecular complexity index is 631. The van der Waals surface area contributed by atoms with E-state index in [2.05, 4.69) is 0 Å². The molecule has 2 rings (SSSR count). The van der Waals surface area contributed by atoms with Crippen LogP contribution in [0.5, 0.6) is 11.5 Å². The molecule has 0 aliphatic carbocycles. The highest BCUT2D eigenvalue weighted by atomic mass is 16.6. The average Bonchev–Trinajstić information content (AvgIpc) is 2.59. The minimum Gasteiger partial charge on any atom is -0.497 e. The quantitative estimate of drug-likeness (QED) is 0.830. The Hall–Kier alpha value is -2.53. The van der Waals surface area contributed by atoms with E-state index in [1.54, 1.807) is 69.7 Å². The van der Waals surface area contributed by atoms with Crippen molar-refractivity contribution in [2.75, 3.05) is 14.2 Å². The molecule has 0 unspecified atom stereocenters. The van der Waals surface area contributed by atoms with E-state index in [1.165, 1.54) is 0 Å². The van der Waals surface area contributed by atoms with Crippen molar-refractivity contribution in [1.82, 2.24) is 0 Å². The van der Waals surface area contributed by atoms with Crippen molar-refractivity contribution < 1.29 is 24.1 Å². The minimum atomic E-state index is -0.842. The molecule has 2 atom stereocenters. The van der Waals surface area contributed by atoms with Crippen LogP contribution in [0.3, 0.4) is 0 Å². The van der Waals surface area contributed by atoms with E-state index in [9.17, 15) is 9.90 Å². The van der Waals surface area contributed by atoms with Gasteiger partial charge >= 0.3 is 5.97 Å². The third-order valence-corrected chi connectivity index (χ3v) is 3.44. The fourth-order valence-electron chi connectivity index (χ4n) is 2.15. The van der Waals surface area contributed by atoms with Gasteiger partial charge in [-0.1, -0.05) is 12.1 Å². The number of esters is 1. The van der Waals surface area contributed by atoms with Crippen molar-refractivity contribution in [3.63, 3.8) is 0 Å². The Morgan fingerprint density at radius 2 is 1.39 bits per heavy atom. The lowest BCUT2D eigenvalue weighted by Gasteiger charge is -2.21. The molecule has 0 radical (unpaired) electrons. The number of benzene rings is 2. The first-order valence-electron chi connectivity index (χ1n) is 7.22. The summed E-state index contributed by atoms with van der Waals surface area (Å²) in [6.07, 6.45) is -1.60. The molecular weight excluding hydrogens is 296 g/mol. The van der Waals surface area contributed by atoms with Crippen molar-refractivity contribution >= 4 is 5.97 Å². The van der Waals surface area contributed by atoms with Gasteiger partial charge in [0.2, 0.25) is 0 Å². The number of aliphatic hydroxyl groups excluding tert-OH is 1. The van der Waals surface area contributed by atoms with Crippen LogP contribution in [0, 0.1) is 0 Å². The van der Waals surface area contributed by atoms with Crippen LogP contribution in [0.4, 0.5) is 0 Å². The van der Waals surface area contributed by atoms with Crippen LogP contribution in [-0.2, 0) is 4.74 Å². The van der Waals surface area contributed by atoms with E-state index < -0.39 is 18.2 Å². The van der Waals surface area contributed by atoms with Crippen LogP contribution in [0.2, 0.25) is 0 Å². The number of carbonyl (C=O) groups excluding carboxylic acids is 1. The molecule has 0 bridgehead atoms. The number of ether oxygens (including phenoxy) is 3. The molecule has 0 heterocycles. The molecule has 23 heavy (non-hydrogen) atoms. The fraction of sp³-hybridized carbons (Fsp3) is 0.278. The molecule has 2 aromatic carbocycles. The maximum Gasteiger partial charge on any atom is 0.338 e. The van der Waals surface area contributed by atoms with E-state index in [0.717, 1.165) is 0 Å². The summed E-state index contributed by atoms with van der Waals surface area (Å²) in [4.78, 5) is 12.3. The minimum absolute atomic E-state index is 0.393. The summed E-state index contributed by atoms with van der Waals surface area (Å²) in [6.45, 7) is 1.58. The Morgan fingerprint density at radius 3 is 1.83 bits per heavy atom. The normalized spacial score (nSPS) is 13.0. The second-order valence-electron chi connectivity index (χ2n) is 5.07. The number of carbonyl (C=O) groups is 1. The third kappa shape index (κ3) is 4.23. The Balaban J connectivity index is 2.15. The maximum atomic E-state index is 12.3. The smallest absolute Gasteiger partial charge is 0.338 e. The zero-order valence-corrected chi connectivity index (χ0v) is 13.4. The van der Waals surface area contributed by atoms with Crippen LogP contribution in [0.1, 0.15) is 28.9 Å². The lowest BCUT2D eigenvalue weighted by Crippen LogP contribution is -2.21. The van der Waals surface area contributed by atoms with Gasteiger partial charge in [-0.2, -0.15) is 0 Å². The second kappa shape index (κ2) is 7.65. The first-order chi connectivity index (χ1) is 11.0. The van der Waals surface area contributed by atoms with E-state index >= 15 is 0 Å². The van der Waals surface area contributed by atoms with Gasteiger partial charge in [0.05, 0.1) is 25.9 Å². The summed E-state index contributed by atoms with van der Waals surface area (Å²) < 4.78 is 15.6. The Labute approximate surface area is 135 Å². The molecule has 0 aliphatic heterocycles. The van der Waals surface area contributed by atoms with Crippen molar-refractivity contribution in [1.29, 1.82) is 0 Å². The van der Waals surface area contributed by atoms with Crippen LogP contribution in [0.15, 0.2) is 48.5 Å². The van der Waals surface area contributed by atoms with Gasteiger partial charge in [-0.15, -0.1) is 0 Å². The first-order valence-corrected chi connectivity index (χ1v) is 7.22. The standard InChI is InChI=1S/C18H20O5/c1-12(19)17(13-4-8-15(21-2)9-5-13)23-18(20)14-6-10-16(22-3)11-7-14/h4-12,17,19H,1-3H3/t12-,17-/m0/s1. The zero-order valence-electron chi connectivity index (χ0n) is 13.4. The molecular formula is C18H20O5. The molecule has 0 saturated heterocycles. The summed E-state index contributed by atoms with van der Waals surface area (Å²) in [5.41, 5.74) is 1.09. The van der Waals surface area contributed by atoms with Gasteiger partial charge < -0.3 is 19.3 Å². The lowest BCUT2D eigenvalue weighted by molar-refractivity contribution is -0.0135. The molecule has 0 aromatic heterocycles. The summed E-state index contributed by atoms with van der Waals surface area (Å²) in [5, 5.41) is 9.94. The summed E-state index contributed by atoms with van der Waals surface area (Å²) in [7, 11) is 3.13.